The van der Waals surface area contributed by atoms with Gasteiger partial charge in [0.1, 0.15) is 0 Å². The maximum atomic E-state index is 12.6. The van der Waals surface area contributed by atoms with Crippen molar-refractivity contribution in [2.24, 2.45) is 4.99 Å². The first-order valence-corrected chi connectivity index (χ1v) is 10.5. The Morgan fingerprint density at radius 2 is 1.88 bits per heavy atom. The molecule has 1 aliphatic rings. The van der Waals surface area contributed by atoms with Crippen LogP contribution in [0.1, 0.15) is 45.4 Å². The summed E-state index contributed by atoms with van der Waals surface area (Å²) < 4.78 is 25.1. The molecule has 6 heteroatoms. The average Bonchev–Trinajstić information content (AvgIpc) is 2.62. The number of hydrogen-bond donors (Lipinski definition) is 2. The van der Waals surface area contributed by atoms with E-state index in [2.05, 4.69) is 15.6 Å². The molecule has 0 radical (unpaired) electrons. The summed E-state index contributed by atoms with van der Waals surface area (Å²) in [6.45, 7) is 1.99. The SMILES string of the molecule is CCC(CS(=O)(=O)c1ccccc1)NC(=NC)NC1CCCCC1. The number of nitrogens with one attached hydrogen (secondary N) is 2. The molecular weight excluding hydrogens is 322 g/mol. The zero-order valence-electron chi connectivity index (χ0n) is 14.7. The zero-order chi connectivity index (χ0) is 17.4. The van der Waals surface area contributed by atoms with Gasteiger partial charge in [0.15, 0.2) is 15.8 Å². The average molecular weight is 352 g/mol. The molecule has 0 bridgehead atoms. The van der Waals surface area contributed by atoms with Crippen LogP contribution in [0.3, 0.4) is 0 Å². The Labute approximate surface area is 145 Å². The Hall–Kier alpha value is -1.56. The maximum absolute atomic E-state index is 12.6. The highest BCUT2D eigenvalue weighted by molar-refractivity contribution is 7.91. The van der Waals surface area contributed by atoms with Gasteiger partial charge in [-0.3, -0.25) is 4.99 Å². The Morgan fingerprint density at radius 3 is 2.46 bits per heavy atom. The van der Waals surface area contributed by atoms with Crippen molar-refractivity contribution >= 4 is 15.8 Å². The van der Waals surface area contributed by atoms with E-state index in [1.54, 1.807) is 31.3 Å². The zero-order valence-corrected chi connectivity index (χ0v) is 15.5. The van der Waals surface area contributed by atoms with Gasteiger partial charge in [-0.05, 0) is 31.4 Å². The van der Waals surface area contributed by atoms with Crippen LogP contribution in [-0.2, 0) is 9.84 Å². The second-order valence-electron chi connectivity index (χ2n) is 6.40. The lowest BCUT2D eigenvalue weighted by Crippen LogP contribution is -2.49. The van der Waals surface area contributed by atoms with Gasteiger partial charge in [0.25, 0.3) is 0 Å². The van der Waals surface area contributed by atoms with E-state index in [4.69, 9.17) is 0 Å². The third-order valence-electron chi connectivity index (χ3n) is 4.53. The molecule has 1 aromatic rings. The quantitative estimate of drug-likeness (QED) is 0.611. The lowest BCUT2D eigenvalue weighted by atomic mass is 9.96. The van der Waals surface area contributed by atoms with Gasteiger partial charge in [0.2, 0.25) is 0 Å². The minimum atomic E-state index is -3.30. The number of nitrogens with zero attached hydrogens (tertiary/aromatic N) is 1. The number of benzene rings is 1. The summed E-state index contributed by atoms with van der Waals surface area (Å²) in [6, 6.07) is 8.91. The van der Waals surface area contributed by atoms with Crippen molar-refractivity contribution in [1.82, 2.24) is 10.6 Å². The summed E-state index contributed by atoms with van der Waals surface area (Å²) in [5.74, 6) is 0.774. The van der Waals surface area contributed by atoms with Crippen LogP contribution in [0.15, 0.2) is 40.2 Å². The van der Waals surface area contributed by atoms with E-state index in [0.717, 1.165) is 19.3 Å². The molecule has 0 aliphatic heterocycles. The van der Waals surface area contributed by atoms with E-state index >= 15 is 0 Å². The second-order valence-corrected chi connectivity index (χ2v) is 8.43. The molecule has 1 aliphatic carbocycles. The van der Waals surface area contributed by atoms with Crippen LogP contribution in [0.2, 0.25) is 0 Å². The van der Waals surface area contributed by atoms with Gasteiger partial charge in [0.05, 0.1) is 10.6 Å². The van der Waals surface area contributed by atoms with Crippen LogP contribution in [0, 0.1) is 0 Å². The Morgan fingerprint density at radius 1 is 1.21 bits per heavy atom. The van der Waals surface area contributed by atoms with Crippen molar-refractivity contribution in [3.05, 3.63) is 30.3 Å². The first kappa shape index (κ1) is 18.8. The molecule has 134 valence electrons. The third-order valence-corrected chi connectivity index (χ3v) is 6.36. The molecule has 0 aromatic heterocycles. The first-order valence-electron chi connectivity index (χ1n) is 8.83. The van der Waals surface area contributed by atoms with Gasteiger partial charge >= 0.3 is 0 Å². The van der Waals surface area contributed by atoms with Crippen molar-refractivity contribution in [2.75, 3.05) is 12.8 Å². The van der Waals surface area contributed by atoms with Crippen molar-refractivity contribution in [3.8, 4) is 0 Å². The van der Waals surface area contributed by atoms with Crippen molar-refractivity contribution in [1.29, 1.82) is 0 Å². The van der Waals surface area contributed by atoms with Crippen LogP contribution >= 0.6 is 0 Å². The van der Waals surface area contributed by atoms with Crippen molar-refractivity contribution < 1.29 is 8.42 Å². The largest absolute Gasteiger partial charge is 0.354 e. The topological polar surface area (TPSA) is 70.6 Å². The van der Waals surface area contributed by atoms with Crippen molar-refractivity contribution in [2.45, 2.75) is 62.4 Å². The fourth-order valence-electron chi connectivity index (χ4n) is 3.05. The number of sulfone groups is 1. The molecule has 0 amide bonds. The molecule has 2 N–H and O–H groups in total. The van der Waals surface area contributed by atoms with Crippen LogP contribution in [0.4, 0.5) is 0 Å². The van der Waals surface area contributed by atoms with Gasteiger partial charge in [-0.1, -0.05) is 44.4 Å². The highest BCUT2D eigenvalue weighted by atomic mass is 32.2. The summed E-state index contributed by atoms with van der Waals surface area (Å²) in [4.78, 5) is 4.65. The number of guanidine groups is 1. The molecule has 0 heterocycles. The normalized spacial score (nSPS) is 18.2. The van der Waals surface area contributed by atoms with Gasteiger partial charge < -0.3 is 10.6 Å². The van der Waals surface area contributed by atoms with Crippen LogP contribution < -0.4 is 10.6 Å². The lowest BCUT2D eigenvalue weighted by Gasteiger charge is -2.27. The first-order chi connectivity index (χ1) is 11.5. The molecule has 1 fully saturated rings. The molecule has 24 heavy (non-hydrogen) atoms. The lowest BCUT2D eigenvalue weighted by molar-refractivity contribution is 0.408. The van der Waals surface area contributed by atoms with Crippen LogP contribution in [0.5, 0.6) is 0 Å². The predicted octanol–water partition coefficient (Wildman–Crippen LogP) is 2.74. The predicted molar refractivity (Wildman–Crippen MR) is 99.1 cm³/mol. The Balaban J connectivity index is 1.97. The van der Waals surface area contributed by atoms with E-state index in [1.165, 1.54) is 19.3 Å². The fraction of sp³-hybridized carbons (Fsp3) is 0.611. The highest BCUT2D eigenvalue weighted by Crippen LogP contribution is 2.17. The smallest absolute Gasteiger partial charge is 0.191 e. The maximum Gasteiger partial charge on any atom is 0.191 e. The summed E-state index contributed by atoms with van der Waals surface area (Å²) in [7, 11) is -1.57. The number of rotatable bonds is 6. The summed E-state index contributed by atoms with van der Waals surface area (Å²) >= 11 is 0. The minimum absolute atomic E-state index is 0.0683. The van der Waals surface area contributed by atoms with Crippen molar-refractivity contribution in [3.63, 3.8) is 0 Å². The molecule has 1 aromatic carbocycles. The van der Waals surface area contributed by atoms with Gasteiger partial charge in [-0.15, -0.1) is 0 Å². The molecule has 0 saturated heterocycles. The van der Waals surface area contributed by atoms with E-state index in [-0.39, 0.29) is 11.8 Å². The number of hydrogen-bond acceptors (Lipinski definition) is 3. The fourth-order valence-corrected chi connectivity index (χ4v) is 4.67. The second kappa shape index (κ2) is 9.06. The highest BCUT2D eigenvalue weighted by Gasteiger charge is 2.22. The van der Waals surface area contributed by atoms with Gasteiger partial charge in [0, 0.05) is 19.1 Å². The summed E-state index contributed by atoms with van der Waals surface area (Å²) in [5, 5.41) is 6.73. The Bertz CT molecular complexity index is 623. The molecule has 1 unspecified atom stereocenters. The summed E-state index contributed by atoms with van der Waals surface area (Å²) in [5.41, 5.74) is 0. The monoisotopic (exact) mass is 351 g/mol. The van der Waals surface area contributed by atoms with Gasteiger partial charge in [-0.25, -0.2) is 8.42 Å². The van der Waals surface area contributed by atoms with Gasteiger partial charge in [-0.2, -0.15) is 0 Å². The third kappa shape index (κ3) is 5.51. The molecular formula is C18H29N3O2S. The van der Waals surface area contributed by atoms with E-state index in [0.29, 0.717) is 16.9 Å². The number of aliphatic imine (C=N–C) groups is 1. The van der Waals surface area contributed by atoms with E-state index in [9.17, 15) is 8.42 Å². The molecule has 0 spiro atoms. The standard InChI is InChI=1S/C18H29N3O2S/c1-3-15(14-24(22,23)17-12-8-5-9-13-17)20-18(19-2)21-16-10-6-4-7-11-16/h5,8-9,12-13,15-16H,3-4,6-7,10-11,14H2,1-2H3,(H2,19,20,21). The molecule has 1 atom stereocenters. The van der Waals surface area contributed by atoms with E-state index in [1.807, 2.05) is 13.0 Å². The minimum Gasteiger partial charge on any atom is -0.354 e. The van der Waals surface area contributed by atoms with Crippen LogP contribution in [-0.4, -0.2) is 39.3 Å². The van der Waals surface area contributed by atoms with Crippen LogP contribution in [0.25, 0.3) is 0 Å². The summed E-state index contributed by atoms with van der Waals surface area (Å²) in [6.07, 6.45) is 6.82. The Kier molecular flexibility index (Phi) is 7.09. The molecule has 1 saturated carbocycles. The molecule has 5 nitrogen and oxygen atoms in total. The molecule has 2 rings (SSSR count). The van der Waals surface area contributed by atoms with E-state index < -0.39 is 9.84 Å².